The van der Waals surface area contributed by atoms with Crippen LogP contribution < -0.4 is 0 Å². The van der Waals surface area contributed by atoms with Gasteiger partial charge in [-0.05, 0) is 41.9 Å². The van der Waals surface area contributed by atoms with Crippen molar-refractivity contribution in [2.45, 2.75) is 53.4 Å². The van der Waals surface area contributed by atoms with Gasteiger partial charge in [0.2, 0.25) is 0 Å². The van der Waals surface area contributed by atoms with Gasteiger partial charge in [0.1, 0.15) is 0 Å². The predicted octanol–water partition coefficient (Wildman–Crippen LogP) is 3.86. The van der Waals surface area contributed by atoms with E-state index in [0.29, 0.717) is 10.8 Å². The SMILES string of the molecule is CCC1CC2CCC2(C)C1(C)C. The van der Waals surface area contributed by atoms with E-state index in [0.717, 1.165) is 11.8 Å². The van der Waals surface area contributed by atoms with Gasteiger partial charge in [0.25, 0.3) is 0 Å². The van der Waals surface area contributed by atoms with Crippen molar-refractivity contribution in [2.75, 3.05) is 0 Å². The largest absolute Gasteiger partial charge is 0.0651 e. The van der Waals surface area contributed by atoms with Crippen molar-refractivity contribution in [3.8, 4) is 0 Å². The number of rotatable bonds is 1. The highest BCUT2D eigenvalue weighted by Gasteiger charge is 2.60. The Hall–Kier alpha value is 0. The molecule has 0 spiro atoms. The van der Waals surface area contributed by atoms with E-state index in [9.17, 15) is 0 Å². The summed E-state index contributed by atoms with van der Waals surface area (Å²) in [4.78, 5) is 0. The van der Waals surface area contributed by atoms with Crippen LogP contribution in [0.25, 0.3) is 0 Å². The molecule has 0 heterocycles. The summed E-state index contributed by atoms with van der Waals surface area (Å²) in [7, 11) is 0. The van der Waals surface area contributed by atoms with Gasteiger partial charge in [0, 0.05) is 0 Å². The van der Waals surface area contributed by atoms with Crippen LogP contribution in [0.2, 0.25) is 0 Å². The van der Waals surface area contributed by atoms with E-state index in [2.05, 4.69) is 27.7 Å². The lowest BCUT2D eigenvalue weighted by Crippen LogP contribution is -2.43. The Morgan fingerprint density at radius 3 is 2.17 bits per heavy atom. The Labute approximate surface area is 76.7 Å². The van der Waals surface area contributed by atoms with E-state index in [4.69, 9.17) is 0 Å². The maximum atomic E-state index is 2.52. The fourth-order valence-corrected chi connectivity index (χ4v) is 3.79. The molecule has 2 saturated carbocycles. The van der Waals surface area contributed by atoms with E-state index in [1.165, 1.54) is 25.7 Å². The average molecular weight is 166 g/mol. The molecule has 2 rings (SSSR count). The normalized spacial score (nSPS) is 50.0. The van der Waals surface area contributed by atoms with Gasteiger partial charge >= 0.3 is 0 Å². The molecule has 0 radical (unpaired) electrons. The molecule has 2 aliphatic carbocycles. The topological polar surface area (TPSA) is 0 Å². The van der Waals surface area contributed by atoms with Crippen LogP contribution in [-0.2, 0) is 0 Å². The highest BCUT2D eigenvalue weighted by atomic mass is 14.6. The molecule has 0 heteroatoms. The minimum absolute atomic E-state index is 0.616. The maximum absolute atomic E-state index is 2.52. The summed E-state index contributed by atoms with van der Waals surface area (Å²) in [6.45, 7) is 9.89. The van der Waals surface area contributed by atoms with Crippen LogP contribution in [0.1, 0.15) is 53.4 Å². The second kappa shape index (κ2) is 2.27. The molecule has 2 aliphatic rings. The summed E-state index contributed by atoms with van der Waals surface area (Å²) >= 11 is 0. The zero-order chi connectivity index (χ0) is 8.98. The van der Waals surface area contributed by atoms with Crippen LogP contribution in [-0.4, -0.2) is 0 Å². The van der Waals surface area contributed by atoms with Gasteiger partial charge in [-0.2, -0.15) is 0 Å². The van der Waals surface area contributed by atoms with Crippen LogP contribution in [0.5, 0.6) is 0 Å². The molecule has 0 aliphatic heterocycles. The van der Waals surface area contributed by atoms with Crippen molar-refractivity contribution in [1.82, 2.24) is 0 Å². The summed E-state index contributed by atoms with van der Waals surface area (Å²) in [6, 6.07) is 0. The quantitative estimate of drug-likeness (QED) is 0.555. The van der Waals surface area contributed by atoms with Gasteiger partial charge in [0.15, 0.2) is 0 Å². The van der Waals surface area contributed by atoms with Crippen molar-refractivity contribution >= 4 is 0 Å². The lowest BCUT2D eigenvalue weighted by molar-refractivity contribution is -0.0213. The standard InChI is InChI=1S/C12H22/c1-5-9-8-10-6-7-12(10,4)11(9,2)3/h9-10H,5-8H2,1-4H3. The van der Waals surface area contributed by atoms with Crippen molar-refractivity contribution in [1.29, 1.82) is 0 Å². The minimum Gasteiger partial charge on any atom is -0.0651 e. The first kappa shape index (κ1) is 8.59. The van der Waals surface area contributed by atoms with Crippen molar-refractivity contribution in [2.24, 2.45) is 22.7 Å². The Morgan fingerprint density at radius 1 is 1.25 bits per heavy atom. The van der Waals surface area contributed by atoms with E-state index in [-0.39, 0.29) is 0 Å². The molecule has 0 aromatic carbocycles. The molecule has 0 aromatic rings. The lowest BCUT2D eigenvalue weighted by Gasteiger charge is -2.51. The molecule has 0 aromatic heterocycles. The first-order valence-corrected chi connectivity index (χ1v) is 5.52. The number of hydrogen-bond donors (Lipinski definition) is 0. The monoisotopic (exact) mass is 166 g/mol. The second-order valence-electron chi connectivity index (χ2n) is 5.72. The van der Waals surface area contributed by atoms with E-state index < -0.39 is 0 Å². The number of hydrogen-bond acceptors (Lipinski definition) is 0. The van der Waals surface area contributed by atoms with Crippen LogP contribution in [0.4, 0.5) is 0 Å². The smallest absolute Gasteiger partial charge is 0.0243 e. The van der Waals surface area contributed by atoms with Crippen molar-refractivity contribution in [3.05, 3.63) is 0 Å². The van der Waals surface area contributed by atoms with Gasteiger partial charge in [-0.1, -0.05) is 34.1 Å². The molecular weight excluding hydrogens is 144 g/mol. The maximum Gasteiger partial charge on any atom is -0.0243 e. The average Bonchev–Trinajstić information content (AvgIpc) is 2.11. The molecule has 70 valence electrons. The fraction of sp³-hybridized carbons (Fsp3) is 1.00. The predicted molar refractivity (Wildman–Crippen MR) is 53.0 cm³/mol. The molecule has 0 saturated heterocycles. The molecule has 0 N–H and O–H groups in total. The van der Waals surface area contributed by atoms with Crippen molar-refractivity contribution < 1.29 is 0 Å². The summed E-state index contributed by atoms with van der Waals surface area (Å²) in [6.07, 6.45) is 5.90. The third-order valence-corrected chi connectivity index (χ3v) is 5.47. The van der Waals surface area contributed by atoms with Crippen LogP contribution >= 0.6 is 0 Å². The lowest BCUT2D eigenvalue weighted by atomic mass is 9.53. The van der Waals surface area contributed by atoms with E-state index >= 15 is 0 Å². The Morgan fingerprint density at radius 2 is 1.92 bits per heavy atom. The first-order chi connectivity index (χ1) is 5.52. The Balaban J connectivity index is 2.26. The van der Waals surface area contributed by atoms with E-state index in [1.807, 2.05) is 0 Å². The first-order valence-electron chi connectivity index (χ1n) is 5.52. The molecular formula is C12H22. The molecule has 3 atom stereocenters. The summed E-state index contributed by atoms with van der Waals surface area (Å²) in [5.41, 5.74) is 1.32. The van der Waals surface area contributed by atoms with Crippen LogP contribution in [0.3, 0.4) is 0 Å². The third-order valence-electron chi connectivity index (χ3n) is 5.47. The van der Waals surface area contributed by atoms with Crippen LogP contribution in [0, 0.1) is 22.7 Å². The highest BCUT2D eigenvalue weighted by Crippen LogP contribution is 2.68. The zero-order valence-electron chi connectivity index (χ0n) is 8.98. The zero-order valence-corrected chi connectivity index (χ0v) is 8.98. The molecule has 3 unspecified atom stereocenters. The molecule has 0 amide bonds. The van der Waals surface area contributed by atoms with Crippen molar-refractivity contribution in [3.63, 3.8) is 0 Å². The molecule has 0 nitrogen and oxygen atoms in total. The molecule has 0 bridgehead atoms. The second-order valence-corrected chi connectivity index (χ2v) is 5.72. The van der Waals surface area contributed by atoms with Gasteiger partial charge in [-0.3, -0.25) is 0 Å². The van der Waals surface area contributed by atoms with Gasteiger partial charge in [-0.25, -0.2) is 0 Å². The van der Waals surface area contributed by atoms with Gasteiger partial charge < -0.3 is 0 Å². The molecule has 12 heavy (non-hydrogen) atoms. The van der Waals surface area contributed by atoms with Crippen LogP contribution in [0.15, 0.2) is 0 Å². The molecule has 2 fully saturated rings. The summed E-state index contributed by atoms with van der Waals surface area (Å²) in [5.74, 6) is 2.06. The number of fused-ring (bicyclic) bond motifs is 1. The Kier molecular flexibility index (Phi) is 1.63. The highest BCUT2D eigenvalue weighted by molar-refractivity contribution is 5.09. The fourth-order valence-electron chi connectivity index (χ4n) is 3.79. The minimum atomic E-state index is 0.616. The summed E-state index contributed by atoms with van der Waals surface area (Å²) in [5, 5.41) is 0. The Bertz CT molecular complexity index is 192. The summed E-state index contributed by atoms with van der Waals surface area (Å²) < 4.78 is 0. The van der Waals surface area contributed by atoms with Gasteiger partial charge in [0.05, 0.1) is 0 Å². The third kappa shape index (κ3) is 0.744. The van der Waals surface area contributed by atoms with E-state index in [1.54, 1.807) is 0 Å². The van der Waals surface area contributed by atoms with Gasteiger partial charge in [-0.15, -0.1) is 0 Å².